The van der Waals surface area contributed by atoms with E-state index >= 15 is 0 Å². The summed E-state index contributed by atoms with van der Waals surface area (Å²) in [5.74, 6) is 0.356. The van der Waals surface area contributed by atoms with E-state index in [2.05, 4.69) is 96.2 Å². The topological polar surface area (TPSA) is 36.3 Å². The van der Waals surface area contributed by atoms with Crippen molar-refractivity contribution in [3.63, 3.8) is 0 Å². The van der Waals surface area contributed by atoms with Gasteiger partial charge in [-0.2, -0.15) is 0 Å². The molecule has 1 aromatic heterocycles. The van der Waals surface area contributed by atoms with Crippen LogP contribution >= 0.6 is 0 Å². The lowest BCUT2D eigenvalue weighted by Crippen LogP contribution is -2.41. The SMILES string of the molecule is CCC(Cn1cncc1-c1ccccc1)C1OCCO1.CCCCB(c1ccccc1)c1ccccc1. The van der Waals surface area contributed by atoms with Crippen molar-refractivity contribution in [3.8, 4) is 11.3 Å². The summed E-state index contributed by atoms with van der Waals surface area (Å²) < 4.78 is 13.5. The molecule has 1 saturated heterocycles. The molecule has 0 amide bonds. The van der Waals surface area contributed by atoms with E-state index in [4.69, 9.17) is 9.47 Å². The number of aromatic nitrogens is 2. The molecule has 0 spiro atoms. The van der Waals surface area contributed by atoms with Crippen LogP contribution in [-0.2, 0) is 16.0 Å². The first-order valence-corrected chi connectivity index (χ1v) is 13.7. The Morgan fingerprint density at radius 2 is 1.41 bits per heavy atom. The smallest absolute Gasteiger partial charge is 0.209 e. The van der Waals surface area contributed by atoms with Crippen LogP contribution in [0.25, 0.3) is 11.3 Å². The van der Waals surface area contributed by atoms with Crippen LogP contribution in [-0.4, -0.2) is 35.8 Å². The molecule has 0 bridgehead atoms. The first kappa shape index (κ1) is 26.9. The van der Waals surface area contributed by atoms with Gasteiger partial charge in [0.15, 0.2) is 6.29 Å². The maximum atomic E-state index is 5.64. The fraction of sp³-hybridized carbons (Fsp3) is 0.344. The fourth-order valence-electron chi connectivity index (χ4n) is 4.93. The van der Waals surface area contributed by atoms with Crippen molar-refractivity contribution in [2.24, 2.45) is 5.92 Å². The van der Waals surface area contributed by atoms with Crippen molar-refractivity contribution >= 4 is 17.6 Å². The highest BCUT2D eigenvalue weighted by molar-refractivity contribution is 6.85. The van der Waals surface area contributed by atoms with E-state index in [1.165, 1.54) is 35.7 Å². The van der Waals surface area contributed by atoms with Gasteiger partial charge in [-0.3, -0.25) is 0 Å². The quantitative estimate of drug-likeness (QED) is 0.252. The molecule has 1 fully saturated rings. The van der Waals surface area contributed by atoms with Crippen molar-refractivity contribution < 1.29 is 9.47 Å². The maximum Gasteiger partial charge on any atom is 0.209 e. The molecule has 0 N–H and O–H groups in total. The van der Waals surface area contributed by atoms with Crippen LogP contribution in [0, 0.1) is 5.92 Å². The number of imidazole rings is 1. The molecule has 0 radical (unpaired) electrons. The molecule has 192 valence electrons. The van der Waals surface area contributed by atoms with E-state index in [1.807, 2.05) is 30.7 Å². The van der Waals surface area contributed by atoms with Gasteiger partial charge in [0, 0.05) is 12.5 Å². The molecule has 1 aliphatic heterocycles. The zero-order valence-corrected chi connectivity index (χ0v) is 22.2. The standard InChI is InChI=1S/C16H19B.C16H20N2O2/c1-2-3-14-17(15-10-6-4-7-11-15)16-12-8-5-9-13-16;1-2-13(16-19-8-9-20-16)11-18-12-17-10-15(18)14-6-4-3-5-7-14/h4-13H,2-3,14H2,1H3;3-7,10,12-13,16H,2,8-9,11H2,1H3. The first-order valence-electron chi connectivity index (χ1n) is 13.7. The fourth-order valence-corrected chi connectivity index (χ4v) is 4.93. The highest BCUT2D eigenvalue weighted by atomic mass is 16.7. The number of hydrogen-bond donors (Lipinski definition) is 0. The van der Waals surface area contributed by atoms with Gasteiger partial charge in [0.2, 0.25) is 6.71 Å². The second-order valence-corrected chi connectivity index (χ2v) is 9.59. The molecule has 0 aliphatic carbocycles. The minimum Gasteiger partial charge on any atom is -0.350 e. The van der Waals surface area contributed by atoms with Gasteiger partial charge in [0.25, 0.3) is 0 Å². The second-order valence-electron chi connectivity index (χ2n) is 9.59. The number of benzene rings is 3. The van der Waals surface area contributed by atoms with E-state index in [0.29, 0.717) is 25.8 Å². The van der Waals surface area contributed by atoms with Crippen LogP contribution in [0.15, 0.2) is 104 Å². The molecular weight excluding hydrogens is 455 g/mol. The Morgan fingerprint density at radius 1 is 0.838 bits per heavy atom. The number of unbranched alkanes of at least 4 members (excludes halogenated alkanes) is 1. The molecule has 0 saturated carbocycles. The zero-order valence-electron chi connectivity index (χ0n) is 22.2. The van der Waals surface area contributed by atoms with Gasteiger partial charge in [-0.25, -0.2) is 4.98 Å². The molecule has 1 aliphatic rings. The van der Waals surface area contributed by atoms with Gasteiger partial charge < -0.3 is 14.0 Å². The third-order valence-corrected chi connectivity index (χ3v) is 7.02. The molecule has 37 heavy (non-hydrogen) atoms. The van der Waals surface area contributed by atoms with Crippen molar-refractivity contribution in [1.29, 1.82) is 0 Å². The summed E-state index contributed by atoms with van der Waals surface area (Å²) >= 11 is 0. The third kappa shape index (κ3) is 7.67. The lowest BCUT2D eigenvalue weighted by atomic mass is 9.38. The number of nitrogens with zero attached hydrogens (tertiary/aromatic N) is 2. The molecule has 5 rings (SSSR count). The Bertz CT molecular complexity index is 1110. The van der Waals surface area contributed by atoms with Gasteiger partial charge in [0.05, 0.1) is 31.4 Å². The van der Waals surface area contributed by atoms with Crippen LogP contribution in [0.5, 0.6) is 0 Å². The summed E-state index contributed by atoms with van der Waals surface area (Å²) in [6, 6.07) is 32.0. The Balaban J connectivity index is 0.000000176. The highest BCUT2D eigenvalue weighted by Crippen LogP contribution is 2.24. The molecule has 3 aromatic carbocycles. The van der Waals surface area contributed by atoms with Crippen LogP contribution in [0.1, 0.15) is 33.1 Å². The van der Waals surface area contributed by atoms with Gasteiger partial charge in [0.1, 0.15) is 0 Å². The zero-order chi connectivity index (χ0) is 25.7. The molecule has 4 aromatic rings. The van der Waals surface area contributed by atoms with Crippen LogP contribution in [0.2, 0.25) is 6.32 Å². The normalized spacial score (nSPS) is 14.1. The maximum absolute atomic E-state index is 5.64. The molecule has 5 heteroatoms. The van der Waals surface area contributed by atoms with Gasteiger partial charge >= 0.3 is 0 Å². The van der Waals surface area contributed by atoms with Gasteiger partial charge in [-0.05, 0) is 12.0 Å². The monoisotopic (exact) mass is 494 g/mol. The van der Waals surface area contributed by atoms with Crippen LogP contribution in [0.4, 0.5) is 0 Å². The van der Waals surface area contributed by atoms with E-state index in [0.717, 1.165) is 18.7 Å². The van der Waals surface area contributed by atoms with Crippen molar-refractivity contribution in [2.45, 2.75) is 52.3 Å². The summed E-state index contributed by atoms with van der Waals surface area (Å²) in [6.45, 7) is 7.26. The highest BCUT2D eigenvalue weighted by Gasteiger charge is 2.26. The predicted molar refractivity (Wildman–Crippen MR) is 155 cm³/mol. The molecule has 4 nitrogen and oxygen atoms in total. The average molecular weight is 494 g/mol. The Kier molecular flexibility index (Phi) is 10.6. The summed E-state index contributed by atoms with van der Waals surface area (Å²) in [6.07, 6.45) is 8.54. The van der Waals surface area contributed by atoms with Crippen LogP contribution < -0.4 is 10.9 Å². The second kappa shape index (κ2) is 14.6. The van der Waals surface area contributed by atoms with E-state index < -0.39 is 0 Å². The van der Waals surface area contributed by atoms with Crippen molar-refractivity contribution in [2.75, 3.05) is 13.2 Å². The van der Waals surface area contributed by atoms with Crippen molar-refractivity contribution in [1.82, 2.24) is 9.55 Å². The average Bonchev–Trinajstić information content (AvgIpc) is 3.67. The molecule has 1 unspecified atom stereocenters. The largest absolute Gasteiger partial charge is 0.350 e. The summed E-state index contributed by atoms with van der Waals surface area (Å²) in [7, 11) is 0. The number of rotatable bonds is 10. The summed E-state index contributed by atoms with van der Waals surface area (Å²) in [4.78, 5) is 4.29. The van der Waals surface area contributed by atoms with Gasteiger partial charge in [-0.15, -0.1) is 0 Å². The number of ether oxygens (including phenoxy) is 2. The molecule has 2 heterocycles. The Morgan fingerprint density at radius 3 is 1.95 bits per heavy atom. The van der Waals surface area contributed by atoms with Crippen LogP contribution in [0.3, 0.4) is 0 Å². The summed E-state index contributed by atoms with van der Waals surface area (Å²) in [5, 5.41) is 0. The molecule has 1 atom stereocenters. The minimum atomic E-state index is -0.0778. The Hall–Kier alpha value is -3.15. The lowest BCUT2D eigenvalue weighted by Gasteiger charge is -2.22. The Labute approximate surface area is 222 Å². The lowest BCUT2D eigenvalue weighted by molar-refractivity contribution is -0.0883. The minimum absolute atomic E-state index is 0.0778. The van der Waals surface area contributed by atoms with Gasteiger partial charge in [-0.1, -0.05) is 135 Å². The van der Waals surface area contributed by atoms with E-state index in [1.54, 1.807) is 0 Å². The van der Waals surface area contributed by atoms with E-state index in [-0.39, 0.29) is 6.29 Å². The van der Waals surface area contributed by atoms with Crippen molar-refractivity contribution in [3.05, 3.63) is 104 Å². The molecular formula is C32H39BN2O2. The first-order chi connectivity index (χ1) is 18.3. The third-order valence-electron chi connectivity index (χ3n) is 7.02. The van der Waals surface area contributed by atoms with E-state index in [9.17, 15) is 0 Å². The summed E-state index contributed by atoms with van der Waals surface area (Å²) in [5.41, 5.74) is 5.20. The number of hydrogen-bond acceptors (Lipinski definition) is 3. The predicted octanol–water partition coefficient (Wildman–Crippen LogP) is 6.04.